The third-order valence-corrected chi connectivity index (χ3v) is 2.68. The number of nitrogens with two attached hydrogens (primary N) is 1. The summed E-state index contributed by atoms with van der Waals surface area (Å²) in [5, 5.41) is 0. The molecular weight excluding hydrogens is 196 g/mol. The van der Waals surface area contributed by atoms with Crippen LogP contribution in [-0.2, 0) is 0 Å². The molecule has 0 aliphatic carbocycles. The minimum absolute atomic E-state index is 0.259. The molecule has 82 valence electrons. The van der Waals surface area contributed by atoms with Crippen LogP contribution in [0.15, 0.2) is 11.1 Å². The van der Waals surface area contributed by atoms with Gasteiger partial charge in [0.05, 0.1) is 13.4 Å². The second-order valence-corrected chi connectivity index (χ2v) is 3.46. The average molecular weight is 210 g/mol. The first-order valence-electron chi connectivity index (χ1n) is 4.86. The highest BCUT2D eigenvalue weighted by Crippen LogP contribution is 2.28. The molecule has 1 aromatic rings. The third kappa shape index (κ3) is 1.56. The Morgan fingerprint density at radius 2 is 2.60 bits per heavy atom. The molecule has 0 amide bonds. The van der Waals surface area contributed by atoms with Crippen LogP contribution in [0, 0.1) is 0 Å². The molecule has 1 aliphatic rings. The number of hydrogen-bond donors (Lipinski definition) is 2. The van der Waals surface area contributed by atoms with Crippen molar-refractivity contribution in [2.75, 3.05) is 25.1 Å². The van der Waals surface area contributed by atoms with Crippen molar-refractivity contribution < 1.29 is 4.74 Å². The van der Waals surface area contributed by atoms with Crippen molar-refractivity contribution in [2.45, 2.75) is 12.5 Å². The van der Waals surface area contributed by atoms with Crippen LogP contribution >= 0.6 is 0 Å². The quantitative estimate of drug-likeness (QED) is 0.690. The van der Waals surface area contributed by atoms with E-state index in [1.807, 2.05) is 4.90 Å². The van der Waals surface area contributed by atoms with Crippen molar-refractivity contribution in [2.24, 2.45) is 5.73 Å². The van der Waals surface area contributed by atoms with Crippen LogP contribution in [0.2, 0.25) is 0 Å². The third-order valence-electron chi connectivity index (χ3n) is 2.68. The summed E-state index contributed by atoms with van der Waals surface area (Å²) in [5.74, 6) is 0.846. The standard InChI is InChI=1S/C9H14N4O2/c1-15-7-8(11-5-12-9(7)14)13-3-2-6(13)4-10/h5-6H,2-4,10H2,1H3,(H,11,12,14). The summed E-state index contributed by atoms with van der Waals surface area (Å²) in [6, 6.07) is 0.271. The van der Waals surface area contributed by atoms with Gasteiger partial charge in [0.25, 0.3) is 5.56 Å². The lowest BCUT2D eigenvalue weighted by atomic mass is 10.0. The second-order valence-electron chi connectivity index (χ2n) is 3.46. The van der Waals surface area contributed by atoms with Gasteiger partial charge in [0, 0.05) is 19.1 Å². The van der Waals surface area contributed by atoms with Crippen molar-refractivity contribution in [1.29, 1.82) is 0 Å². The molecule has 0 aromatic carbocycles. The summed E-state index contributed by atoms with van der Waals surface area (Å²) in [6.07, 6.45) is 2.42. The van der Waals surface area contributed by atoms with Crippen molar-refractivity contribution in [3.05, 3.63) is 16.7 Å². The maximum absolute atomic E-state index is 11.4. The lowest BCUT2D eigenvalue weighted by Gasteiger charge is -2.41. The Balaban J connectivity index is 2.35. The molecule has 2 rings (SSSR count). The number of H-pyrrole nitrogens is 1. The monoisotopic (exact) mass is 210 g/mol. The zero-order chi connectivity index (χ0) is 10.8. The molecule has 1 fully saturated rings. The highest BCUT2D eigenvalue weighted by molar-refractivity contribution is 5.53. The molecule has 0 bridgehead atoms. The molecule has 15 heavy (non-hydrogen) atoms. The van der Waals surface area contributed by atoms with E-state index in [-0.39, 0.29) is 17.4 Å². The number of anilines is 1. The molecule has 0 radical (unpaired) electrons. The number of rotatable bonds is 3. The smallest absolute Gasteiger partial charge is 0.295 e. The van der Waals surface area contributed by atoms with Gasteiger partial charge in [0.1, 0.15) is 0 Å². The topological polar surface area (TPSA) is 84.2 Å². The Morgan fingerprint density at radius 1 is 1.80 bits per heavy atom. The first-order valence-corrected chi connectivity index (χ1v) is 4.86. The van der Waals surface area contributed by atoms with Crippen molar-refractivity contribution in [3.8, 4) is 5.75 Å². The van der Waals surface area contributed by atoms with Gasteiger partial charge in [-0.15, -0.1) is 0 Å². The van der Waals surface area contributed by atoms with Crippen LogP contribution in [0.1, 0.15) is 6.42 Å². The van der Waals surface area contributed by atoms with Crippen LogP contribution in [0.3, 0.4) is 0 Å². The first-order chi connectivity index (χ1) is 7.27. The molecule has 3 N–H and O–H groups in total. The van der Waals surface area contributed by atoms with Gasteiger partial charge in [-0.1, -0.05) is 0 Å². The molecule has 0 saturated carbocycles. The molecule has 0 spiro atoms. The van der Waals surface area contributed by atoms with Crippen molar-refractivity contribution in [1.82, 2.24) is 9.97 Å². The van der Waals surface area contributed by atoms with Gasteiger partial charge >= 0.3 is 0 Å². The Morgan fingerprint density at radius 3 is 3.13 bits per heavy atom. The summed E-state index contributed by atoms with van der Waals surface area (Å²) in [4.78, 5) is 20.0. The number of hydrogen-bond acceptors (Lipinski definition) is 5. The van der Waals surface area contributed by atoms with Crippen LogP contribution < -0.4 is 20.9 Å². The highest BCUT2D eigenvalue weighted by atomic mass is 16.5. The number of aromatic nitrogens is 2. The molecule has 2 heterocycles. The minimum Gasteiger partial charge on any atom is -0.489 e. The van der Waals surface area contributed by atoms with Crippen LogP contribution in [0.5, 0.6) is 5.75 Å². The highest BCUT2D eigenvalue weighted by Gasteiger charge is 2.30. The maximum Gasteiger partial charge on any atom is 0.295 e. The van der Waals surface area contributed by atoms with Gasteiger partial charge in [0.2, 0.25) is 5.75 Å². The van der Waals surface area contributed by atoms with E-state index in [2.05, 4.69) is 9.97 Å². The van der Waals surface area contributed by atoms with E-state index in [0.29, 0.717) is 12.4 Å². The van der Waals surface area contributed by atoms with Gasteiger partial charge in [-0.3, -0.25) is 4.79 Å². The van der Waals surface area contributed by atoms with E-state index < -0.39 is 0 Å². The van der Waals surface area contributed by atoms with Crippen LogP contribution in [0.25, 0.3) is 0 Å². The number of nitrogens with one attached hydrogen (secondary N) is 1. The molecule has 1 unspecified atom stereocenters. The Kier molecular flexibility index (Phi) is 2.59. The lowest BCUT2D eigenvalue weighted by molar-refractivity contribution is 0.390. The molecule has 1 aromatic heterocycles. The van der Waals surface area contributed by atoms with Crippen molar-refractivity contribution in [3.63, 3.8) is 0 Å². The predicted molar refractivity (Wildman–Crippen MR) is 56.2 cm³/mol. The predicted octanol–water partition coefficient (Wildman–Crippen LogP) is -0.684. The van der Waals surface area contributed by atoms with E-state index in [9.17, 15) is 4.79 Å². The first kappa shape index (κ1) is 9.97. The van der Waals surface area contributed by atoms with Gasteiger partial charge in [-0.2, -0.15) is 0 Å². The van der Waals surface area contributed by atoms with Crippen LogP contribution in [-0.4, -0.2) is 36.2 Å². The minimum atomic E-state index is -0.259. The van der Waals surface area contributed by atoms with Gasteiger partial charge < -0.3 is 20.4 Å². The Labute approximate surface area is 87.1 Å². The number of aromatic amines is 1. The fourth-order valence-corrected chi connectivity index (χ4v) is 1.73. The Hall–Kier alpha value is -1.56. The molecule has 1 saturated heterocycles. The SMILES string of the molecule is COc1c(N2CCC2CN)nc[nH]c1=O. The van der Waals surface area contributed by atoms with E-state index in [1.165, 1.54) is 13.4 Å². The zero-order valence-corrected chi connectivity index (χ0v) is 8.56. The summed E-state index contributed by atoms with van der Waals surface area (Å²) in [5.41, 5.74) is 5.34. The second kappa shape index (κ2) is 3.90. The number of methoxy groups -OCH3 is 1. The van der Waals surface area contributed by atoms with Gasteiger partial charge in [0.15, 0.2) is 5.82 Å². The summed E-state index contributed by atoms with van der Waals surface area (Å²) in [7, 11) is 1.47. The van der Waals surface area contributed by atoms with Gasteiger partial charge in [-0.05, 0) is 6.42 Å². The van der Waals surface area contributed by atoms with E-state index in [1.54, 1.807) is 0 Å². The number of ether oxygens (including phenoxy) is 1. The van der Waals surface area contributed by atoms with E-state index in [4.69, 9.17) is 10.5 Å². The van der Waals surface area contributed by atoms with E-state index >= 15 is 0 Å². The lowest BCUT2D eigenvalue weighted by Crippen LogP contribution is -2.52. The van der Waals surface area contributed by atoms with Crippen molar-refractivity contribution >= 4 is 5.82 Å². The summed E-state index contributed by atoms with van der Waals surface area (Å²) in [6.45, 7) is 1.44. The van der Waals surface area contributed by atoms with Gasteiger partial charge in [-0.25, -0.2) is 4.98 Å². The molecule has 1 aliphatic heterocycles. The normalized spacial score (nSPS) is 19.9. The van der Waals surface area contributed by atoms with Crippen LogP contribution in [0.4, 0.5) is 5.82 Å². The fraction of sp³-hybridized carbons (Fsp3) is 0.556. The number of nitrogens with zero attached hydrogens (tertiary/aromatic N) is 2. The Bertz CT molecular complexity index is 401. The molecule has 6 nitrogen and oxygen atoms in total. The largest absolute Gasteiger partial charge is 0.489 e. The summed E-state index contributed by atoms with van der Waals surface area (Å²) < 4.78 is 5.04. The molecule has 1 atom stereocenters. The maximum atomic E-state index is 11.4. The van der Waals surface area contributed by atoms with E-state index in [0.717, 1.165) is 13.0 Å². The summed E-state index contributed by atoms with van der Waals surface area (Å²) >= 11 is 0. The molecular formula is C9H14N4O2. The molecule has 6 heteroatoms. The average Bonchev–Trinajstić information content (AvgIpc) is 2.17. The zero-order valence-electron chi connectivity index (χ0n) is 8.56. The fourth-order valence-electron chi connectivity index (χ4n) is 1.73.